The van der Waals surface area contributed by atoms with Crippen LogP contribution in [0, 0.1) is 5.92 Å². The smallest absolute Gasteiger partial charge is 0.384 e. The van der Waals surface area contributed by atoms with Crippen LogP contribution in [-0.2, 0) is 7.05 Å². The minimum Gasteiger partial charge on any atom is -0.384 e. The highest BCUT2D eigenvalue weighted by molar-refractivity contribution is 5.89. The van der Waals surface area contributed by atoms with E-state index in [2.05, 4.69) is 30.6 Å². The zero-order chi connectivity index (χ0) is 19.8. The maximum atomic E-state index is 13.3. The van der Waals surface area contributed by atoms with Crippen LogP contribution in [0.1, 0.15) is 13.8 Å². The van der Waals surface area contributed by atoms with Gasteiger partial charge in [0.25, 0.3) is 0 Å². The lowest BCUT2D eigenvalue weighted by Gasteiger charge is -2.25. The molecule has 11 heteroatoms. The number of fused-ring (bicyclic) bond motifs is 1. The Labute approximate surface area is 153 Å². The molecular weight excluding hydrogens is 361 g/mol. The van der Waals surface area contributed by atoms with Crippen LogP contribution in [0.4, 0.5) is 36.3 Å². The molecule has 0 saturated heterocycles. The molecule has 0 amide bonds. The second kappa shape index (κ2) is 6.89. The number of pyridine rings is 1. The lowest BCUT2D eigenvalue weighted by Crippen LogP contribution is -2.40. The van der Waals surface area contributed by atoms with Crippen LogP contribution in [0.3, 0.4) is 0 Å². The number of nitrogen functional groups attached to an aromatic ring is 1. The van der Waals surface area contributed by atoms with Gasteiger partial charge in [-0.3, -0.25) is 0 Å². The molecule has 0 bridgehead atoms. The van der Waals surface area contributed by atoms with E-state index in [1.54, 1.807) is 11.6 Å². The lowest BCUT2D eigenvalue weighted by atomic mass is 10.0. The van der Waals surface area contributed by atoms with Crippen molar-refractivity contribution >= 4 is 34.3 Å². The Morgan fingerprint density at radius 2 is 1.85 bits per heavy atom. The maximum absolute atomic E-state index is 13.3. The first kappa shape index (κ1) is 18.7. The summed E-state index contributed by atoms with van der Waals surface area (Å²) in [6, 6.07) is 1.24. The number of nitrogens with zero attached hydrogens (tertiary/aromatic N) is 5. The fourth-order valence-electron chi connectivity index (χ4n) is 2.63. The number of imidazole rings is 1. The zero-order valence-corrected chi connectivity index (χ0v) is 14.9. The average Bonchev–Trinajstić information content (AvgIpc) is 2.93. The molecule has 0 saturated carbocycles. The van der Waals surface area contributed by atoms with E-state index in [-0.39, 0.29) is 11.6 Å². The summed E-state index contributed by atoms with van der Waals surface area (Å²) < 4.78 is 41.6. The number of hydrogen-bond acceptors (Lipinski definition) is 7. The van der Waals surface area contributed by atoms with Gasteiger partial charge < -0.3 is 20.9 Å². The minimum atomic E-state index is -4.41. The largest absolute Gasteiger partial charge is 0.408 e. The normalized spacial score (nSPS) is 13.1. The Kier molecular flexibility index (Phi) is 4.77. The van der Waals surface area contributed by atoms with E-state index in [9.17, 15) is 13.2 Å². The van der Waals surface area contributed by atoms with E-state index >= 15 is 0 Å². The zero-order valence-electron chi connectivity index (χ0n) is 14.9. The molecule has 3 aromatic rings. The topological polar surface area (TPSA) is 107 Å². The summed E-state index contributed by atoms with van der Waals surface area (Å²) >= 11 is 0. The molecule has 0 aliphatic heterocycles. The molecular formula is C16H19F3N8. The summed E-state index contributed by atoms with van der Waals surface area (Å²) in [5.41, 5.74) is 7.01. The minimum absolute atomic E-state index is 0.0756. The van der Waals surface area contributed by atoms with Crippen molar-refractivity contribution < 1.29 is 13.2 Å². The summed E-state index contributed by atoms with van der Waals surface area (Å²) in [5, 5.41) is 5.50. The van der Waals surface area contributed by atoms with Crippen molar-refractivity contribution in [1.29, 1.82) is 0 Å². The number of aromatic nitrogens is 5. The Balaban J connectivity index is 2.03. The van der Waals surface area contributed by atoms with Gasteiger partial charge in [0.05, 0.1) is 12.0 Å². The van der Waals surface area contributed by atoms with Crippen LogP contribution in [0.15, 0.2) is 24.8 Å². The van der Waals surface area contributed by atoms with Crippen molar-refractivity contribution in [3.05, 3.63) is 24.8 Å². The predicted octanol–water partition coefficient (Wildman–Crippen LogP) is 3.08. The average molecular weight is 380 g/mol. The number of hydrogen-bond donors (Lipinski definition) is 3. The van der Waals surface area contributed by atoms with Gasteiger partial charge in [-0.15, -0.1) is 0 Å². The number of halogens is 3. The third-order valence-electron chi connectivity index (χ3n) is 3.94. The van der Waals surface area contributed by atoms with Gasteiger partial charge in [-0.2, -0.15) is 13.2 Å². The fraction of sp³-hybridized carbons (Fsp3) is 0.375. The van der Waals surface area contributed by atoms with Gasteiger partial charge in [-0.25, -0.2) is 19.9 Å². The van der Waals surface area contributed by atoms with E-state index < -0.39 is 18.1 Å². The molecule has 8 nitrogen and oxygen atoms in total. The Bertz CT molecular complexity index is 950. The molecule has 0 aromatic carbocycles. The van der Waals surface area contributed by atoms with E-state index in [0.717, 1.165) is 0 Å². The van der Waals surface area contributed by atoms with Crippen LogP contribution in [-0.4, -0.2) is 36.7 Å². The summed E-state index contributed by atoms with van der Waals surface area (Å²) in [5.74, 6) is 0.0516. The Morgan fingerprint density at radius 1 is 1.11 bits per heavy atom. The molecule has 0 fully saturated rings. The van der Waals surface area contributed by atoms with Gasteiger partial charge >= 0.3 is 6.18 Å². The Hall–Kier alpha value is -3.11. The van der Waals surface area contributed by atoms with Gasteiger partial charge in [0.1, 0.15) is 35.3 Å². The molecule has 0 aliphatic rings. The number of anilines is 4. The predicted molar refractivity (Wildman–Crippen MR) is 96.5 cm³/mol. The highest BCUT2D eigenvalue weighted by atomic mass is 19.4. The van der Waals surface area contributed by atoms with Gasteiger partial charge in [-0.05, 0) is 5.92 Å². The van der Waals surface area contributed by atoms with Gasteiger partial charge in [0.15, 0.2) is 5.65 Å². The molecule has 1 atom stereocenters. The number of aryl methyl sites for hydroxylation is 1. The van der Waals surface area contributed by atoms with Crippen LogP contribution in [0.5, 0.6) is 0 Å². The van der Waals surface area contributed by atoms with Crippen molar-refractivity contribution in [2.45, 2.75) is 26.1 Å². The molecule has 144 valence electrons. The van der Waals surface area contributed by atoms with Crippen LogP contribution >= 0.6 is 0 Å². The molecule has 4 N–H and O–H groups in total. The first-order valence-electron chi connectivity index (χ1n) is 8.15. The summed E-state index contributed by atoms with van der Waals surface area (Å²) in [7, 11) is 1.71. The molecule has 27 heavy (non-hydrogen) atoms. The highest BCUT2D eigenvalue weighted by Gasteiger charge is 2.42. The van der Waals surface area contributed by atoms with Gasteiger partial charge in [0.2, 0.25) is 0 Å². The Morgan fingerprint density at radius 3 is 2.48 bits per heavy atom. The van der Waals surface area contributed by atoms with Crippen molar-refractivity contribution in [2.75, 3.05) is 16.4 Å². The summed E-state index contributed by atoms with van der Waals surface area (Å²) in [4.78, 5) is 16.4. The monoisotopic (exact) mass is 380 g/mol. The standard InChI is InChI=1S/C16H19F3N8/c1-8(2)14(16(17,18)19)25-12-4-9(13-15(26-12)27(3)7-23-13)24-11-5-10(20)21-6-22-11/h4-8,14H,1-3H3,(H4,20,21,22,24,25,26)/t14-/m1/s1. The summed E-state index contributed by atoms with van der Waals surface area (Å²) in [6.07, 6.45) is -1.59. The van der Waals surface area contributed by atoms with Crippen LogP contribution < -0.4 is 16.4 Å². The fourth-order valence-corrected chi connectivity index (χ4v) is 2.63. The van der Waals surface area contributed by atoms with Gasteiger partial charge in [-0.1, -0.05) is 13.8 Å². The number of nitrogens with one attached hydrogen (secondary N) is 2. The van der Waals surface area contributed by atoms with Crippen LogP contribution in [0.25, 0.3) is 11.2 Å². The summed E-state index contributed by atoms with van der Waals surface area (Å²) in [6.45, 7) is 2.99. The van der Waals surface area contributed by atoms with Crippen molar-refractivity contribution in [2.24, 2.45) is 13.0 Å². The third kappa shape index (κ3) is 4.01. The van der Waals surface area contributed by atoms with E-state index in [1.807, 2.05) is 0 Å². The number of nitrogens with two attached hydrogens (primary N) is 1. The molecule has 0 aliphatic carbocycles. The van der Waals surface area contributed by atoms with Crippen molar-refractivity contribution in [3.8, 4) is 0 Å². The maximum Gasteiger partial charge on any atom is 0.408 e. The SMILES string of the molecule is CC(C)[C@@H](Nc1cc(Nc2cc(N)ncn2)c2ncn(C)c2n1)C(F)(F)F. The molecule has 3 heterocycles. The molecule has 0 unspecified atom stereocenters. The van der Waals surface area contributed by atoms with E-state index in [1.165, 1.54) is 38.6 Å². The molecule has 0 spiro atoms. The lowest BCUT2D eigenvalue weighted by molar-refractivity contribution is -0.150. The molecule has 3 aromatic heterocycles. The molecule has 0 radical (unpaired) electrons. The van der Waals surface area contributed by atoms with Gasteiger partial charge in [0, 0.05) is 19.2 Å². The van der Waals surface area contributed by atoms with Crippen molar-refractivity contribution in [1.82, 2.24) is 24.5 Å². The number of rotatable bonds is 5. The second-order valence-electron chi connectivity index (χ2n) is 6.44. The quantitative estimate of drug-likeness (QED) is 0.624. The van der Waals surface area contributed by atoms with Crippen molar-refractivity contribution in [3.63, 3.8) is 0 Å². The van der Waals surface area contributed by atoms with E-state index in [0.29, 0.717) is 22.7 Å². The third-order valence-corrected chi connectivity index (χ3v) is 3.94. The molecule has 3 rings (SSSR count). The number of alkyl halides is 3. The highest BCUT2D eigenvalue weighted by Crippen LogP contribution is 2.31. The second-order valence-corrected chi connectivity index (χ2v) is 6.44. The first-order chi connectivity index (χ1) is 12.6. The first-order valence-corrected chi connectivity index (χ1v) is 8.15. The van der Waals surface area contributed by atoms with E-state index in [4.69, 9.17) is 5.73 Å². The van der Waals surface area contributed by atoms with Crippen LogP contribution in [0.2, 0.25) is 0 Å².